The maximum Gasteiger partial charge on any atom is 0.217 e. The fraction of sp³-hybridized carbons (Fsp3) is 0.300. The standard InChI is InChI=1S/C10H14N2O2.ClH/c11-9(4-5-10(12)14)7-2-1-3-8(13)6-7;/h1-3,6,9,13H,4-5,11H2,(H2,12,14);1H. The fourth-order valence-electron chi connectivity index (χ4n) is 1.22. The van der Waals surface area contributed by atoms with Crippen LogP contribution < -0.4 is 11.5 Å². The Morgan fingerprint density at radius 2 is 2.13 bits per heavy atom. The molecule has 4 nitrogen and oxygen atoms in total. The summed E-state index contributed by atoms with van der Waals surface area (Å²) in [5, 5.41) is 9.19. The number of amides is 1. The Morgan fingerprint density at radius 3 is 2.67 bits per heavy atom. The van der Waals surface area contributed by atoms with E-state index in [9.17, 15) is 9.90 Å². The van der Waals surface area contributed by atoms with Crippen molar-refractivity contribution in [1.29, 1.82) is 0 Å². The lowest BCUT2D eigenvalue weighted by atomic mass is 10.0. The molecule has 5 N–H and O–H groups in total. The van der Waals surface area contributed by atoms with E-state index in [2.05, 4.69) is 0 Å². The van der Waals surface area contributed by atoms with Gasteiger partial charge < -0.3 is 16.6 Å². The van der Waals surface area contributed by atoms with Gasteiger partial charge in [-0.05, 0) is 24.1 Å². The van der Waals surface area contributed by atoms with E-state index in [0.717, 1.165) is 5.56 Å². The lowest BCUT2D eigenvalue weighted by Crippen LogP contribution is -2.16. The zero-order valence-corrected chi connectivity index (χ0v) is 9.04. The van der Waals surface area contributed by atoms with Gasteiger partial charge in [0.1, 0.15) is 5.75 Å². The van der Waals surface area contributed by atoms with Crippen molar-refractivity contribution < 1.29 is 9.90 Å². The van der Waals surface area contributed by atoms with Gasteiger partial charge in [0.05, 0.1) is 0 Å². The van der Waals surface area contributed by atoms with Crippen LogP contribution in [0.25, 0.3) is 0 Å². The first kappa shape index (κ1) is 13.7. The van der Waals surface area contributed by atoms with Gasteiger partial charge in [0.25, 0.3) is 0 Å². The Kier molecular flexibility index (Phi) is 5.74. The molecule has 0 aliphatic heterocycles. The average molecular weight is 231 g/mol. The van der Waals surface area contributed by atoms with Crippen molar-refractivity contribution in [1.82, 2.24) is 0 Å². The molecule has 1 amide bonds. The van der Waals surface area contributed by atoms with Gasteiger partial charge in [-0.2, -0.15) is 0 Å². The van der Waals surface area contributed by atoms with E-state index < -0.39 is 0 Å². The highest BCUT2D eigenvalue weighted by Gasteiger charge is 2.07. The fourth-order valence-corrected chi connectivity index (χ4v) is 1.22. The monoisotopic (exact) mass is 230 g/mol. The zero-order chi connectivity index (χ0) is 10.6. The summed E-state index contributed by atoms with van der Waals surface area (Å²) in [6.45, 7) is 0. The number of nitrogens with two attached hydrogens (primary N) is 2. The molecule has 0 aliphatic rings. The molecule has 0 fully saturated rings. The van der Waals surface area contributed by atoms with Crippen LogP contribution in [-0.2, 0) is 4.79 Å². The molecule has 0 radical (unpaired) electrons. The van der Waals surface area contributed by atoms with Crippen LogP contribution in [0.3, 0.4) is 0 Å². The van der Waals surface area contributed by atoms with Crippen LogP contribution in [0.5, 0.6) is 5.75 Å². The molecule has 1 atom stereocenters. The van der Waals surface area contributed by atoms with Crippen LogP contribution in [0, 0.1) is 0 Å². The van der Waals surface area contributed by atoms with Gasteiger partial charge in [-0.1, -0.05) is 12.1 Å². The minimum atomic E-state index is -0.361. The predicted molar refractivity (Wildman–Crippen MR) is 60.7 cm³/mol. The first-order chi connectivity index (χ1) is 6.59. The molecule has 0 saturated carbocycles. The zero-order valence-electron chi connectivity index (χ0n) is 8.22. The minimum Gasteiger partial charge on any atom is -0.508 e. The summed E-state index contributed by atoms with van der Waals surface area (Å²) < 4.78 is 0. The number of primary amides is 1. The number of aromatic hydroxyl groups is 1. The largest absolute Gasteiger partial charge is 0.508 e. The van der Waals surface area contributed by atoms with E-state index in [1.807, 2.05) is 6.07 Å². The van der Waals surface area contributed by atoms with E-state index >= 15 is 0 Å². The minimum absolute atomic E-state index is 0. The quantitative estimate of drug-likeness (QED) is 0.723. The molecule has 1 unspecified atom stereocenters. The maximum absolute atomic E-state index is 10.5. The summed E-state index contributed by atoms with van der Waals surface area (Å²) in [6.07, 6.45) is 0.760. The van der Waals surface area contributed by atoms with Crippen molar-refractivity contribution in [2.45, 2.75) is 18.9 Å². The molecule has 15 heavy (non-hydrogen) atoms. The van der Waals surface area contributed by atoms with Gasteiger partial charge in [-0.15, -0.1) is 12.4 Å². The lowest BCUT2D eigenvalue weighted by Gasteiger charge is -2.10. The Labute approximate surface area is 94.7 Å². The predicted octanol–water partition coefficient (Wildman–Crippen LogP) is 1.08. The molecule has 0 saturated heterocycles. The SMILES string of the molecule is Cl.NC(=O)CCC(N)c1cccc(O)c1. The van der Waals surface area contributed by atoms with E-state index in [1.165, 1.54) is 0 Å². The molecule has 1 rings (SSSR count). The van der Waals surface area contributed by atoms with Crippen LogP contribution in [0.4, 0.5) is 0 Å². The van der Waals surface area contributed by atoms with E-state index in [1.54, 1.807) is 18.2 Å². The van der Waals surface area contributed by atoms with Gasteiger partial charge in [-0.25, -0.2) is 0 Å². The van der Waals surface area contributed by atoms with Gasteiger partial charge in [0.15, 0.2) is 0 Å². The van der Waals surface area contributed by atoms with E-state index in [0.29, 0.717) is 6.42 Å². The number of carbonyl (C=O) groups excluding carboxylic acids is 1. The van der Waals surface area contributed by atoms with E-state index in [-0.39, 0.29) is 36.5 Å². The summed E-state index contributed by atoms with van der Waals surface area (Å²) in [4.78, 5) is 10.5. The first-order valence-corrected chi connectivity index (χ1v) is 4.42. The van der Waals surface area contributed by atoms with Crippen molar-refractivity contribution in [3.8, 4) is 5.75 Å². The van der Waals surface area contributed by atoms with Crippen LogP contribution in [-0.4, -0.2) is 11.0 Å². The van der Waals surface area contributed by atoms with Crippen LogP contribution >= 0.6 is 12.4 Å². The summed E-state index contributed by atoms with van der Waals surface area (Å²) >= 11 is 0. The average Bonchev–Trinajstić information content (AvgIpc) is 2.14. The number of halogens is 1. The molecule has 0 bridgehead atoms. The third kappa shape index (κ3) is 4.67. The number of phenolic OH excluding ortho intramolecular Hbond substituents is 1. The number of hydrogen-bond acceptors (Lipinski definition) is 3. The van der Waals surface area contributed by atoms with E-state index in [4.69, 9.17) is 11.5 Å². The molecular weight excluding hydrogens is 216 g/mol. The third-order valence-corrected chi connectivity index (χ3v) is 2.00. The number of phenols is 1. The van der Waals surface area contributed by atoms with Crippen molar-refractivity contribution in [3.63, 3.8) is 0 Å². The normalized spacial score (nSPS) is 11.5. The lowest BCUT2D eigenvalue weighted by molar-refractivity contribution is -0.118. The number of rotatable bonds is 4. The number of benzene rings is 1. The second kappa shape index (κ2) is 6.27. The molecule has 0 aliphatic carbocycles. The van der Waals surface area contributed by atoms with Gasteiger partial charge >= 0.3 is 0 Å². The molecule has 84 valence electrons. The molecule has 5 heteroatoms. The molecule has 0 heterocycles. The summed E-state index contributed by atoms with van der Waals surface area (Å²) in [5.41, 5.74) is 11.6. The number of hydrogen-bond donors (Lipinski definition) is 3. The number of carbonyl (C=O) groups is 1. The van der Waals surface area contributed by atoms with Crippen molar-refractivity contribution in [2.24, 2.45) is 11.5 Å². The van der Waals surface area contributed by atoms with Crippen LogP contribution in [0.2, 0.25) is 0 Å². The third-order valence-electron chi connectivity index (χ3n) is 2.00. The Bertz CT molecular complexity index is 331. The molecular formula is C10H15ClN2O2. The Hall–Kier alpha value is -1.26. The van der Waals surface area contributed by atoms with Crippen molar-refractivity contribution >= 4 is 18.3 Å². The smallest absolute Gasteiger partial charge is 0.217 e. The highest BCUT2D eigenvalue weighted by atomic mass is 35.5. The highest BCUT2D eigenvalue weighted by molar-refractivity contribution is 5.85. The van der Waals surface area contributed by atoms with Crippen molar-refractivity contribution in [3.05, 3.63) is 29.8 Å². The second-order valence-electron chi connectivity index (χ2n) is 3.21. The topological polar surface area (TPSA) is 89.3 Å². The first-order valence-electron chi connectivity index (χ1n) is 4.42. The molecule has 1 aromatic rings. The molecule has 0 spiro atoms. The molecule has 0 aromatic heterocycles. The Morgan fingerprint density at radius 1 is 1.47 bits per heavy atom. The second-order valence-corrected chi connectivity index (χ2v) is 3.21. The maximum atomic E-state index is 10.5. The van der Waals surface area contributed by atoms with Crippen LogP contribution in [0.15, 0.2) is 24.3 Å². The van der Waals surface area contributed by atoms with Gasteiger partial charge in [-0.3, -0.25) is 4.79 Å². The Balaban J connectivity index is 0.00000196. The van der Waals surface area contributed by atoms with Crippen molar-refractivity contribution in [2.75, 3.05) is 0 Å². The van der Waals surface area contributed by atoms with Gasteiger partial charge in [0.2, 0.25) is 5.91 Å². The summed E-state index contributed by atoms with van der Waals surface area (Å²) in [5.74, 6) is -0.183. The summed E-state index contributed by atoms with van der Waals surface area (Å²) in [7, 11) is 0. The van der Waals surface area contributed by atoms with Gasteiger partial charge in [0, 0.05) is 12.5 Å². The molecule has 1 aromatic carbocycles. The highest BCUT2D eigenvalue weighted by Crippen LogP contribution is 2.19. The van der Waals surface area contributed by atoms with Crippen LogP contribution in [0.1, 0.15) is 24.4 Å². The summed E-state index contributed by atoms with van der Waals surface area (Å²) in [6, 6.07) is 6.44.